The number of piperidine rings is 1. The lowest BCUT2D eigenvalue weighted by atomic mass is 10.1. The molecule has 2 fully saturated rings. The summed E-state index contributed by atoms with van der Waals surface area (Å²) in [6.07, 6.45) is 4.93. The quantitative estimate of drug-likeness (QED) is 0.411. The van der Waals surface area contributed by atoms with Gasteiger partial charge in [-0.05, 0) is 53.4 Å². The van der Waals surface area contributed by atoms with Gasteiger partial charge in [0, 0.05) is 26.2 Å². The van der Waals surface area contributed by atoms with E-state index in [1.165, 1.54) is 12.8 Å². The summed E-state index contributed by atoms with van der Waals surface area (Å²) >= 11 is 0. The van der Waals surface area contributed by atoms with E-state index in [0.717, 1.165) is 43.5 Å². The molecule has 7 nitrogen and oxygen atoms in total. The fraction of sp³-hybridized carbons (Fsp3) is 0.833. The smallest absolute Gasteiger partial charge is 0.194 e. The Morgan fingerprint density at radius 3 is 2.35 bits per heavy atom. The zero-order chi connectivity index (χ0) is 18.0. The van der Waals surface area contributed by atoms with Crippen LogP contribution < -0.4 is 5.32 Å². The van der Waals surface area contributed by atoms with Crippen molar-refractivity contribution in [3.05, 3.63) is 11.6 Å². The number of guanidine groups is 1. The lowest BCUT2D eigenvalue weighted by Crippen LogP contribution is -2.48. The van der Waals surface area contributed by atoms with Gasteiger partial charge in [-0.2, -0.15) is 0 Å². The molecule has 1 aromatic heterocycles. The van der Waals surface area contributed by atoms with Gasteiger partial charge in [0.05, 0.1) is 11.7 Å². The number of aliphatic imine (C=N–C) groups is 1. The molecule has 148 valence electrons. The summed E-state index contributed by atoms with van der Waals surface area (Å²) in [5.74, 6) is 2.83. The summed E-state index contributed by atoms with van der Waals surface area (Å²) in [5.41, 5.74) is -0.0704. The standard InChI is InChI=1S/C18H32N6O.HI/c1-13-21-22-16(23(13)5)12-19-17(20-14-6-7-14)24-10-8-15(9-11-24)25-18(2,3)4;/h14-15H,6-12H2,1-5H3,(H,19,20);1H. The zero-order valence-corrected chi connectivity index (χ0v) is 19.0. The Balaban J connectivity index is 0.00000243. The van der Waals surface area contributed by atoms with E-state index in [-0.39, 0.29) is 29.6 Å². The van der Waals surface area contributed by atoms with E-state index in [1.807, 2.05) is 18.5 Å². The Kier molecular flexibility index (Phi) is 7.29. The Labute approximate surface area is 174 Å². The molecule has 1 aromatic rings. The zero-order valence-electron chi connectivity index (χ0n) is 16.7. The Morgan fingerprint density at radius 2 is 1.85 bits per heavy atom. The highest BCUT2D eigenvalue weighted by molar-refractivity contribution is 14.0. The predicted octanol–water partition coefficient (Wildman–Crippen LogP) is 2.63. The van der Waals surface area contributed by atoms with Gasteiger partial charge in [-0.25, -0.2) is 4.99 Å². The van der Waals surface area contributed by atoms with Gasteiger partial charge >= 0.3 is 0 Å². The van der Waals surface area contributed by atoms with E-state index in [1.54, 1.807) is 0 Å². The first-order valence-corrected chi connectivity index (χ1v) is 9.40. The van der Waals surface area contributed by atoms with Gasteiger partial charge in [0.15, 0.2) is 11.8 Å². The van der Waals surface area contributed by atoms with Crippen molar-refractivity contribution in [1.29, 1.82) is 0 Å². The molecule has 1 saturated carbocycles. The number of rotatable bonds is 4. The number of aromatic nitrogens is 3. The second kappa shape index (κ2) is 8.86. The maximum absolute atomic E-state index is 6.14. The average molecular weight is 476 g/mol. The molecular formula is C18H33IN6O. The van der Waals surface area contributed by atoms with Crippen LogP contribution in [0.4, 0.5) is 0 Å². The number of hydrogen-bond donors (Lipinski definition) is 1. The third kappa shape index (κ3) is 6.07. The third-order valence-electron chi connectivity index (χ3n) is 4.73. The summed E-state index contributed by atoms with van der Waals surface area (Å²) in [5, 5.41) is 11.9. The maximum Gasteiger partial charge on any atom is 0.194 e. The van der Waals surface area contributed by atoms with Crippen LogP contribution in [-0.4, -0.2) is 56.5 Å². The number of halogens is 1. The summed E-state index contributed by atoms with van der Waals surface area (Å²) < 4.78 is 8.14. The molecule has 0 spiro atoms. The highest BCUT2D eigenvalue weighted by Gasteiger charge is 2.29. The summed E-state index contributed by atoms with van der Waals surface area (Å²) in [6, 6.07) is 0.587. The van der Waals surface area contributed by atoms with E-state index in [0.29, 0.717) is 18.7 Å². The molecular weight excluding hydrogens is 443 g/mol. The largest absolute Gasteiger partial charge is 0.372 e. The summed E-state index contributed by atoms with van der Waals surface area (Å²) in [7, 11) is 1.99. The molecule has 8 heteroatoms. The molecule has 0 atom stereocenters. The molecule has 0 aromatic carbocycles. The van der Waals surface area contributed by atoms with E-state index in [4.69, 9.17) is 9.73 Å². The molecule has 0 unspecified atom stereocenters. The van der Waals surface area contributed by atoms with Crippen molar-refractivity contribution in [3.8, 4) is 0 Å². The number of ether oxygens (including phenoxy) is 1. The van der Waals surface area contributed by atoms with Crippen molar-refractivity contribution >= 4 is 29.9 Å². The van der Waals surface area contributed by atoms with Crippen LogP contribution >= 0.6 is 24.0 Å². The van der Waals surface area contributed by atoms with E-state index in [9.17, 15) is 0 Å². The molecule has 1 N–H and O–H groups in total. The van der Waals surface area contributed by atoms with E-state index < -0.39 is 0 Å². The van der Waals surface area contributed by atoms with Crippen LogP contribution in [0.3, 0.4) is 0 Å². The van der Waals surface area contributed by atoms with Gasteiger partial charge in [0.2, 0.25) is 0 Å². The van der Waals surface area contributed by atoms with Crippen LogP contribution in [0.15, 0.2) is 4.99 Å². The lowest BCUT2D eigenvalue weighted by molar-refractivity contribution is -0.0773. The molecule has 26 heavy (non-hydrogen) atoms. The minimum Gasteiger partial charge on any atom is -0.372 e. The van der Waals surface area contributed by atoms with Crippen molar-refractivity contribution in [3.63, 3.8) is 0 Å². The van der Waals surface area contributed by atoms with Gasteiger partial charge in [-0.1, -0.05) is 0 Å². The Bertz CT molecular complexity index is 612. The molecule has 0 radical (unpaired) electrons. The van der Waals surface area contributed by atoms with Crippen molar-refractivity contribution < 1.29 is 4.74 Å². The van der Waals surface area contributed by atoms with Crippen molar-refractivity contribution in [1.82, 2.24) is 25.0 Å². The van der Waals surface area contributed by atoms with E-state index >= 15 is 0 Å². The Hall–Kier alpha value is -0.900. The van der Waals surface area contributed by atoms with Crippen molar-refractivity contribution in [2.75, 3.05) is 13.1 Å². The van der Waals surface area contributed by atoms with Gasteiger partial charge in [0.25, 0.3) is 0 Å². The minimum atomic E-state index is -0.0704. The summed E-state index contributed by atoms with van der Waals surface area (Å²) in [4.78, 5) is 7.20. The summed E-state index contributed by atoms with van der Waals surface area (Å²) in [6.45, 7) is 10.9. The van der Waals surface area contributed by atoms with Crippen LogP contribution in [0.2, 0.25) is 0 Å². The molecule has 2 aliphatic rings. The third-order valence-corrected chi connectivity index (χ3v) is 4.73. The number of aryl methyl sites for hydroxylation is 1. The number of nitrogens with zero attached hydrogens (tertiary/aromatic N) is 5. The fourth-order valence-corrected chi connectivity index (χ4v) is 3.07. The lowest BCUT2D eigenvalue weighted by Gasteiger charge is -2.37. The Morgan fingerprint density at radius 1 is 1.19 bits per heavy atom. The molecule has 0 amide bonds. The van der Waals surface area contributed by atoms with E-state index in [2.05, 4.69) is 41.2 Å². The van der Waals surface area contributed by atoms with Crippen LogP contribution in [-0.2, 0) is 18.3 Å². The first kappa shape index (κ1) is 21.4. The van der Waals surface area contributed by atoms with Crippen molar-refractivity contribution in [2.45, 2.75) is 77.7 Å². The van der Waals surface area contributed by atoms with Gasteiger partial charge in [0.1, 0.15) is 12.4 Å². The molecule has 1 saturated heterocycles. The first-order chi connectivity index (χ1) is 11.8. The SMILES string of the molecule is Cc1nnc(CN=C(NC2CC2)N2CCC(OC(C)(C)C)CC2)n1C.I. The first-order valence-electron chi connectivity index (χ1n) is 9.40. The number of likely N-dealkylation sites (tertiary alicyclic amines) is 1. The topological polar surface area (TPSA) is 67.6 Å². The monoisotopic (exact) mass is 476 g/mol. The second-order valence-electron chi connectivity index (χ2n) is 8.20. The fourth-order valence-electron chi connectivity index (χ4n) is 3.07. The molecule has 3 rings (SSSR count). The number of nitrogens with one attached hydrogen (secondary N) is 1. The number of hydrogen-bond acceptors (Lipinski definition) is 4. The highest BCUT2D eigenvalue weighted by atomic mass is 127. The maximum atomic E-state index is 6.14. The normalized spacial score (nSPS) is 19.4. The van der Waals surface area contributed by atoms with Crippen LogP contribution in [0.1, 0.15) is 58.1 Å². The predicted molar refractivity (Wildman–Crippen MR) is 114 cm³/mol. The average Bonchev–Trinajstić information content (AvgIpc) is 3.30. The van der Waals surface area contributed by atoms with Gasteiger partial charge in [-0.15, -0.1) is 34.2 Å². The minimum absolute atomic E-state index is 0. The highest BCUT2D eigenvalue weighted by Crippen LogP contribution is 2.22. The second-order valence-corrected chi connectivity index (χ2v) is 8.20. The molecule has 1 aliphatic carbocycles. The van der Waals surface area contributed by atoms with Gasteiger partial charge in [-0.3, -0.25) is 0 Å². The van der Waals surface area contributed by atoms with Crippen LogP contribution in [0.25, 0.3) is 0 Å². The molecule has 0 bridgehead atoms. The van der Waals surface area contributed by atoms with Crippen LogP contribution in [0, 0.1) is 6.92 Å². The molecule has 1 aliphatic heterocycles. The van der Waals surface area contributed by atoms with Crippen molar-refractivity contribution in [2.24, 2.45) is 12.0 Å². The molecule has 2 heterocycles. The van der Waals surface area contributed by atoms with Crippen LogP contribution in [0.5, 0.6) is 0 Å². The van der Waals surface area contributed by atoms with Gasteiger partial charge < -0.3 is 19.5 Å².